The third-order valence-corrected chi connectivity index (χ3v) is 4.56. The van der Waals surface area contributed by atoms with E-state index in [0.29, 0.717) is 22.4 Å². The number of hydrogen-bond donors (Lipinski definition) is 2. The van der Waals surface area contributed by atoms with E-state index >= 15 is 0 Å². The summed E-state index contributed by atoms with van der Waals surface area (Å²) in [5, 5.41) is 14.4. The molecule has 1 amide bonds. The highest BCUT2D eigenvalue weighted by Crippen LogP contribution is 2.28. The summed E-state index contributed by atoms with van der Waals surface area (Å²) in [5.41, 5.74) is 0.941. The Hall–Kier alpha value is -0.580. The van der Waals surface area contributed by atoms with Gasteiger partial charge in [-0.25, -0.2) is 0 Å². The summed E-state index contributed by atoms with van der Waals surface area (Å²) in [6.07, 6.45) is 1.41. The van der Waals surface area contributed by atoms with Gasteiger partial charge in [0.2, 0.25) is 0 Å². The van der Waals surface area contributed by atoms with Crippen LogP contribution in [0.2, 0.25) is 5.02 Å². The van der Waals surface area contributed by atoms with Crippen molar-refractivity contribution in [3.63, 3.8) is 0 Å². The van der Waals surface area contributed by atoms with E-state index in [1.807, 2.05) is 12.3 Å². The minimum atomic E-state index is -0.172. The van der Waals surface area contributed by atoms with Crippen LogP contribution in [-0.4, -0.2) is 23.7 Å². The lowest BCUT2D eigenvalue weighted by Gasteiger charge is -2.31. The van der Waals surface area contributed by atoms with Crippen molar-refractivity contribution < 1.29 is 9.90 Å². The normalized spacial score (nSPS) is 23.9. The first-order valence-electron chi connectivity index (χ1n) is 5.27. The fourth-order valence-corrected chi connectivity index (χ4v) is 2.96. The van der Waals surface area contributed by atoms with E-state index in [4.69, 9.17) is 16.7 Å². The monoisotopic (exact) mass is 259 g/mol. The molecule has 1 saturated carbocycles. The standard InChI is InChI=1S/C11H14ClNO2S/c1-6-5-16-10(9(6)12)11(15)13-4-7-2-8(14)3-7/h5,7-8,14H,2-4H2,1H3,(H,13,15). The minimum absolute atomic E-state index is 0.107. The summed E-state index contributed by atoms with van der Waals surface area (Å²) >= 11 is 7.37. The largest absolute Gasteiger partial charge is 0.393 e. The first kappa shape index (κ1) is 11.9. The van der Waals surface area contributed by atoms with Gasteiger partial charge in [-0.3, -0.25) is 4.79 Å². The zero-order chi connectivity index (χ0) is 11.7. The lowest BCUT2D eigenvalue weighted by atomic mass is 9.82. The van der Waals surface area contributed by atoms with Gasteiger partial charge in [-0.05, 0) is 36.6 Å². The molecule has 0 bridgehead atoms. The van der Waals surface area contributed by atoms with Gasteiger partial charge >= 0.3 is 0 Å². The molecule has 2 rings (SSSR count). The summed E-state index contributed by atoms with van der Waals surface area (Å²) in [6.45, 7) is 2.51. The van der Waals surface area contributed by atoms with Gasteiger partial charge < -0.3 is 10.4 Å². The summed E-state index contributed by atoms with van der Waals surface area (Å²) in [6, 6.07) is 0. The third-order valence-electron chi connectivity index (χ3n) is 2.87. The molecular formula is C11H14ClNO2S. The zero-order valence-electron chi connectivity index (χ0n) is 9.00. The number of halogens is 1. The average Bonchev–Trinajstić information content (AvgIpc) is 2.53. The van der Waals surface area contributed by atoms with E-state index in [1.54, 1.807) is 0 Å². The smallest absolute Gasteiger partial charge is 0.262 e. The predicted molar refractivity (Wildman–Crippen MR) is 65.1 cm³/mol. The maximum Gasteiger partial charge on any atom is 0.262 e. The van der Waals surface area contributed by atoms with Gasteiger partial charge in [0.15, 0.2) is 0 Å². The van der Waals surface area contributed by atoms with Crippen LogP contribution >= 0.6 is 22.9 Å². The number of amides is 1. The molecule has 0 spiro atoms. The molecule has 0 atom stereocenters. The lowest BCUT2D eigenvalue weighted by molar-refractivity contribution is 0.0420. The fraction of sp³-hybridized carbons (Fsp3) is 0.545. The quantitative estimate of drug-likeness (QED) is 0.875. The van der Waals surface area contributed by atoms with Crippen LogP contribution in [0.5, 0.6) is 0 Å². The van der Waals surface area contributed by atoms with Crippen LogP contribution < -0.4 is 5.32 Å². The summed E-state index contributed by atoms with van der Waals surface area (Å²) in [4.78, 5) is 12.3. The molecule has 1 fully saturated rings. The van der Waals surface area contributed by atoms with Crippen LogP contribution in [-0.2, 0) is 0 Å². The Morgan fingerprint density at radius 2 is 2.38 bits per heavy atom. The number of aliphatic hydroxyl groups is 1. The van der Waals surface area contributed by atoms with Crippen molar-refractivity contribution in [2.75, 3.05) is 6.54 Å². The number of rotatable bonds is 3. The van der Waals surface area contributed by atoms with E-state index in [0.717, 1.165) is 18.4 Å². The first-order chi connectivity index (χ1) is 7.58. The van der Waals surface area contributed by atoms with E-state index in [2.05, 4.69) is 5.32 Å². The molecule has 2 N–H and O–H groups in total. The molecule has 1 aromatic heterocycles. The van der Waals surface area contributed by atoms with Crippen LogP contribution in [0.4, 0.5) is 0 Å². The minimum Gasteiger partial charge on any atom is -0.393 e. The van der Waals surface area contributed by atoms with Gasteiger partial charge in [0.25, 0.3) is 5.91 Å². The van der Waals surface area contributed by atoms with Crippen LogP contribution in [0.1, 0.15) is 28.1 Å². The average molecular weight is 260 g/mol. The number of thiophene rings is 1. The Morgan fingerprint density at radius 3 is 2.88 bits per heavy atom. The van der Waals surface area contributed by atoms with Crippen molar-refractivity contribution in [3.05, 3.63) is 20.8 Å². The van der Waals surface area contributed by atoms with Gasteiger partial charge in [-0.15, -0.1) is 11.3 Å². The van der Waals surface area contributed by atoms with Crippen LogP contribution in [0.3, 0.4) is 0 Å². The van der Waals surface area contributed by atoms with E-state index in [1.165, 1.54) is 11.3 Å². The number of aliphatic hydroxyl groups excluding tert-OH is 1. The topological polar surface area (TPSA) is 49.3 Å². The fourth-order valence-electron chi connectivity index (χ4n) is 1.77. The van der Waals surface area contributed by atoms with E-state index in [-0.39, 0.29) is 12.0 Å². The van der Waals surface area contributed by atoms with Gasteiger partial charge in [0, 0.05) is 6.54 Å². The SMILES string of the molecule is Cc1csc(C(=O)NCC2CC(O)C2)c1Cl. The molecule has 1 aliphatic rings. The molecule has 0 unspecified atom stereocenters. The Kier molecular flexibility index (Phi) is 3.52. The highest BCUT2D eigenvalue weighted by Gasteiger charge is 2.27. The molecule has 0 aliphatic heterocycles. The number of carbonyl (C=O) groups excluding carboxylic acids is 1. The van der Waals surface area contributed by atoms with Gasteiger partial charge in [0.1, 0.15) is 4.88 Å². The lowest BCUT2D eigenvalue weighted by Crippen LogP contribution is -2.38. The summed E-state index contributed by atoms with van der Waals surface area (Å²) in [7, 11) is 0. The molecular weight excluding hydrogens is 246 g/mol. The molecule has 5 heteroatoms. The van der Waals surface area contributed by atoms with Crippen molar-refractivity contribution in [3.8, 4) is 0 Å². The Morgan fingerprint density at radius 1 is 1.69 bits per heavy atom. The molecule has 3 nitrogen and oxygen atoms in total. The predicted octanol–water partition coefficient (Wildman–Crippen LogP) is 2.21. The summed E-state index contributed by atoms with van der Waals surface area (Å²) < 4.78 is 0. The Labute approximate surface area is 103 Å². The zero-order valence-corrected chi connectivity index (χ0v) is 10.6. The molecule has 88 valence electrons. The van der Waals surface area contributed by atoms with Crippen molar-refractivity contribution >= 4 is 28.8 Å². The molecule has 1 aliphatic carbocycles. The van der Waals surface area contributed by atoms with Crippen LogP contribution in [0, 0.1) is 12.8 Å². The molecule has 0 saturated heterocycles. The summed E-state index contributed by atoms with van der Waals surface area (Å²) in [5.74, 6) is 0.309. The van der Waals surface area contributed by atoms with Crippen molar-refractivity contribution in [1.29, 1.82) is 0 Å². The van der Waals surface area contributed by atoms with Gasteiger partial charge in [0.05, 0.1) is 11.1 Å². The van der Waals surface area contributed by atoms with Crippen LogP contribution in [0.15, 0.2) is 5.38 Å². The highest BCUT2D eigenvalue weighted by atomic mass is 35.5. The molecule has 1 heterocycles. The number of hydrogen-bond acceptors (Lipinski definition) is 3. The van der Waals surface area contributed by atoms with E-state index < -0.39 is 0 Å². The number of carbonyl (C=O) groups is 1. The molecule has 1 aromatic rings. The van der Waals surface area contributed by atoms with E-state index in [9.17, 15) is 4.79 Å². The number of aryl methyl sites for hydroxylation is 1. The van der Waals surface area contributed by atoms with Gasteiger partial charge in [-0.2, -0.15) is 0 Å². The highest BCUT2D eigenvalue weighted by molar-refractivity contribution is 7.13. The number of nitrogens with one attached hydrogen (secondary N) is 1. The van der Waals surface area contributed by atoms with Crippen LogP contribution in [0.25, 0.3) is 0 Å². The second-order valence-corrected chi connectivity index (χ2v) is 5.52. The maximum atomic E-state index is 11.8. The Balaban J connectivity index is 1.86. The first-order valence-corrected chi connectivity index (χ1v) is 6.53. The van der Waals surface area contributed by atoms with Crippen molar-refractivity contribution in [2.24, 2.45) is 5.92 Å². The second kappa shape index (κ2) is 4.73. The van der Waals surface area contributed by atoms with Crippen molar-refractivity contribution in [2.45, 2.75) is 25.9 Å². The molecule has 16 heavy (non-hydrogen) atoms. The van der Waals surface area contributed by atoms with Crippen molar-refractivity contribution in [1.82, 2.24) is 5.32 Å². The van der Waals surface area contributed by atoms with Gasteiger partial charge in [-0.1, -0.05) is 11.6 Å². The second-order valence-electron chi connectivity index (χ2n) is 4.26. The Bertz CT molecular complexity index is 399. The maximum absolute atomic E-state index is 11.8. The molecule has 0 aromatic carbocycles. The third kappa shape index (κ3) is 2.39. The molecule has 0 radical (unpaired) electrons.